The first kappa shape index (κ1) is 17.0. The first-order valence-electron chi connectivity index (χ1n) is 6.97. The molecule has 2 unspecified atom stereocenters. The van der Waals surface area contributed by atoms with Gasteiger partial charge in [0.2, 0.25) is 5.91 Å². The van der Waals surface area contributed by atoms with Crippen LogP contribution in [0, 0.1) is 0 Å². The minimum absolute atomic E-state index is 0.115. The van der Waals surface area contributed by atoms with Gasteiger partial charge < -0.3 is 21.5 Å². The number of benzene rings is 1. The lowest BCUT2D eigenvalue weighted by molar-refractivity contribution is -0.124. The van der Waals surface area contributed by atoms with Crippen molar-refractivity contribution >= 4 is 11.9 Å². The Labute approximate surface area is 124 Å². The zero-order valence-electron chi connectivity index (χ0n) is 12.4. The third-order valence-corrected chi connectivity index (χ3v) is 3.11. The number of nitrogens with two attached hydrogens (primary N) is 1. The van der Waals surface area contributed by atoms with E-state index in [1.807, 2.05) is 13.0 Å². The summed E-state index contributed by atoms with van der Waals surface area (Å²) in [6, 6.07) is 7.15. The van der Waals surface area contributed by atoms with Crippen LogP contribution in [0.2, 0.25) is 0 Å². The second kappa shape index (κ2) is 7.64. The molecule has 116 valence electrons. The first-order chi connectivity index (χ1) is 9.85. The van der Waals surface area contributed by atoms with E-state index in [0.717, 1.165) is 6.42 Å². The number of carbonyl (C=O) groups excluding carboxylic acids is 2. The van der Waals surface area contributed by atoms with E-state index >= 15 is 0 Å². The number of nitrogens with one attached hydrogen (secondary N) is 2. The summed E-state index contributed by atoms with van der Waals surface area (Å²) in [6.45, 7) is 3.73. The highest BCUT2D eigenvalue weighted by Crippen LogP contribution is 2.14. The fraction of sp³-hybridized carbons (Fsp3) is 0.467. The van der Waals surface area contributed by atoms with E-state index in [9.17, 15) is 14.7 Å². The van der Waals surface area contributed by atoms with Crippen molar-refractivity contribution in [2.45, 2.75) is 38.3 Å². The van der Waals surface area contributed by atoms with Crippen LogP contribution in [0.15, 0.2) is 30.3 Å². The van der Waals surface area contributed by atoms with Crippen LogP contribution in [-0.2, 0) is 4.79 Å². The van der Waals surface area contributed by atoms with Gasteiger partial charge in [0.1, 0.15) is 6.04 Å². The quantitative estimate of drug-likeness (QED) is 0.604. The smallest absolute Gasteiger partial charge is 0.313 e. The second-order valence-corrected chi connectivity index (χ2v) is 5.32. The van der Waals surface area contributed by atoms with Gasteiger partial charge in [-0.1, -0.05) is 43.7 Å². The first-order valence-corrected chi connectivity index (χ1v) is 6.97. The van der Waals surface area contributed by atoms with E-state index in [1.165, 1.54) is 0 Å². The molecule has 0 aromatic heterocycles. The summed E-state index contributed by atoms with van der Waals surface area (Å²) in [7, 11) is 0. The molecule has 21 heavy (non-hydrogen) atoms. The molecule has 0 aliphatic carbocycles. The number of rotatable bonds is 7. The van der Waals surface area contributed by atoms with Crippen LogP contribution >= 0.6 is 0 Å². The van der Waals surface area contributed by atoms with E-state index < -0.39 is 23.6 Å². The molecule has 3 amide bonds. The van der Waals surface area contributed by atoms with Crippen molar-refractivity contribution in [1.82, 2.24) is 10.6 Å². The van der Waals surface area contributed by atoms with Crippen molar-refractivity contribution < 1.29 is 14.7 Å². The Kier molecular flexibility index (Phi) is 6.17. The largest absolute Gasteiger partial charge is 0.388 e. The zero-order chi connectivity index (χ0) is 15.9. The fourth-order valence-corrected chi connectivity index (χ4v) is 2.09. The number of aliphatic hydroxyl groups is 1. The van der Waals surface area contributed by atoms with Gasteiger partial charge in [-0.05, 0) is 18.9 Å². The van der Waals surface area contributed by atoms with Crippen LogP contribution in [0.1, 0.15) is 38.3 Å². The molecule has 1 rings (SSSR count). The summed E-state index contributed by atoms with van der Waals surface area (Å²) in [6.07, 6.45) is 1.39. The Hall–Kier alpha value is -2.08. The van der Waals surface area contributed by atoms with Crippen molar-refractivity contribution in [2.75, 3.05) is 6.54 Å². The standard InChI is InChI=1S/C15H23N3O3/c1-3-9-15(2,21)10-17-13(19)12(18-14(16)20)11-7-5-4-6-8-11/h4-8,12,21H,3,9-10H2,1-2H3,(H,17,19)(H3,16,18,20). The fourth-order valence-electron chi connectivity index (χ4n) is 2.09. The molecule has 2 atom stereocenters. The summed E-state index contributed by atoms with van der Waals surface area (Å²) in [5, 5.41) is 15.1. The lowest BCUT2D eigenvalue weighted by Gasteiger charge is -2.25. The number of urea groups is 1. The summed E-state index contributed by atoms with van der Waals surface area (Å²) in [5.41, 5.74) is 4.77. The normalized spacial score (nSPS) is 14.8. The van der Waals surface area contributed by atoms with Crippen LogP contribution in [0.25, 0.3) is 0 Å². The third kappa shape index (κ3) is 5.83. The molecule has 0 aliphatic heterocycles. The highest BCUT2D eigenvalue weighted by Gasteiger charge is 2.25. The van der Waals surface area contributed by atoms with E-state index in [-0.39, 0.29) is 6.54 Å². The molecule has 1 aromatic carbocycles. The Morgan fingerprint density at radius 2 is 1.95 bits per heavy atom. The van der Waals surface area contributed by atoms with E-state index in [2.05, 4.69) is 10.6 Å². The average Bonchev–Trinajstić information content (AvgIpc) is 2.43. The lowest BCUT2D eigenvalue weighted by atomic mass is 10.00. The van der Waals surface area contributed by atoms with Gasteiger partial charge in [0.25, 0.3) is 0 Å². The van der Waals surface area contributed by atoms with Gasteiger partial charge in [0.15, 0.2) is 0 Å². The Bertz CT molecular complexity index is 474. The molecule has 1 aromatic rings. The molecule has 0 saturated heterocycles. The minimum Gasteiger partial charge on any atom is -0.388 e. The van der Waals surface area contributed by atoms with Gasteiger partial charge in [-0.2, -0.15) is 0 Å². The van der Waals surface area contributed by atoms with Crippen molar-refractivity contribution in [3.63, 3.8) is 0 Å². The van der Waals surface area contributed by atoms with Crippen molar-refractivity contribution in [1.29, 1.82) is 0 Å². The molecule has 0 heterocycles. The molecule has 0 saturated carbocycles. The predicted molar refractivity (Wildman–Crippen MR) is 80.4 cm³/mol. The van der Waals surface area contributed by atoms with Gasteiger partial charge in [-0.25, -0.2) is 4.79 Å². The summed E-state index contributed by atoms with van der Waals surface area (Å²) in [5.74, 6) is -0.406. The van der Waals surface area contributed by atoms with Gasteiger partial charge in [0, 0.05) is 6.54 Å². The molecular weight excluding hydrogens is 270 g/mol. The predicted octanol–water partition coefficient (Wildman–Crippen LogP) is 1.06. The summed E-state index contributed by atoms with van der Waals surface area (Å²) >= 11 is 0. The summed E-state index contributed by atoms with van der Waals surface area (Å²) in [4.78, 5) is 23.3. The van der Waals surface area contributed by atoms with Crippen LogP contribution in [0.4, 0.5) is 4.79 Å². The molecule has 0 fully saturated rings. The topological polar surface area (TPSA) is 104 Å². The van der Waals surface area contributed by atoms with Crippen LogP contribution in [0.5, 0.6) is 0 Å². The third-order valence-electron chi connectivity index (χ3n) is 3.11. The Balaban J connectivity index is 2.75. The summed E-state index contributed by atoms with van der Waals surface area (Å²) < 4.78 is 0. The number of carbonyl (C=O) groups is 2. The molecule has 0 aliphatic rings. The zero-order valence-corrected chi connectivity index (χ0v) is 12.4. The van der Waals surface area contributed by atoms with Gasteiger partial charge in [-0.15, -0.1) is 0 Å². The maximum absolute atomic E-state index is 12.2. The van der Waals surface area contributed by atoms with Crippen molar-refractivity contribution in [2.24, 2.45) is 5.73 Å². The second-order valence-electron chi connectivity index (χ2n) is 5.32. The van der Waals surface area contributed by atoms with Crippen LogP contribution in [-0.4, -0.2) is 29.2 Å². The Morgan fingerprint density at radius 1 is 1.33 bits per heavy atom. The van der Waals surface area contributed by atoms with E-state index in [4.69, 9.17) is 5.73 Å². The molecule has 0 spiro atoms. The molecule has 0 bridgehead atoms. The number of primary amides is 1. The van der Waals surface area contributed by atoms with E-state index in [1.54, 1.807) is 31.2 Å². The van der Waals surface area contributed by atoms with Gasteiger partial charge >= 0.3 is 6.03 Å². The Morgan fingerprint density at radius 3 is 2.48 bits per heavy atom. The SMILES string of the molecule is CCCC(C)(O)CNC(=O)C(NC(N)=O)c1ccccc1. The monoisotopic (exact) mass is 293 g/mol. The van der Waals surface area contributed by atoms with Crippen molar-refractivity contribution in [3.05, 3.63) is 35.9 Å². The molecule has 6 nitrogen and oxygen atoms in total. The molecule has 0 radical (unpaired) electrons. The highest BCUT2D eigenvalue weighted by molar-refractivity contribution is 5.87. The number of hydrogen-bond donors (Lipinski definition) is 4. The van der Waals surface area contributed by atoms with Gasteiger partial charge in [-0.3, -0.25) is 4.79 Å². The molecular formula is C15H23N3O3. The molecule has 6 heteroatoms. The van der Waals surface area contributed by atoms with Crippen LogP contribution in [0.3, 0.4) is 0 Å². The molecule has 5 N–H and O–H groups in total. The van der Waals surface area contributed by atoms with Crippen molar-refractivity contribution in [3.8, 4) is 0 Å². The van der Waals surface area contributed by atoms with Gasteiger partial charge in [0.05, 0.1) is 5.60 Å². The maximum atomic E-state index is 12.2. The maximum Gasteiger partial charge on any atom is 0.313 e. The number of hydrogen-bond acceptors (Lipinski definition) is 3. The van der Waals surface area contributed by atoms with E-state index in [0.29, 0.717) is 12.0 Å². The minimum atomic E-state index is -0.974. The highest BCUT2D eigenvalue weighted by atomic mass is 16.3. The van der Waals surface area contributed by atoms with Crippen LogP contribution < -0.4 is 16.4 Å². The average molecular weight is 293 g/mol. The number of amides is 3. The lowest BCUT2D eigenvalue weighted by Crippen LogP contribution is -2.47.